The number of unbranched alkanes of at least 4 members (excludes halogenated alkanes) is 2. The van der Waals surface area contributed by atoms with Crippen molar-refractivity contribution in [1.29, 1.82) is 0 Å². The van der Waals surface area contributed by atoms with Gasteiger partial charge in [0.25, 0.3) is 0 Å². The Hall–Kier alpha value is -0.850. The second-order valence-electron chi connectivity index (χ2n) is 3.93. The number of methoxy groups -OCH3 is 2. The molecule has 0 aromatic rings. The van der Waals surface area contributed by atoms with Gasteiger partial charge in [-0.2, -0.15) is 0 Å². The number of nitrogens with two attached hydrogens (primary N) is 1. The largest absolute Gasteiger partial charge is 0.385 e. The zero-order valence-electron chi connectivity index (χ0n) is 11.2. The molecule has 0 aromatic heterocycles. The molecule has 0 aliphatic rings. The molecule has 17 heavy (non-hydrogen) atoms. The molecule has 0 heterocycles. The van der Waals surface area contributed by atoms with Crippen LogP contribution in [0.2, 0.25) is 0 Å². The minimum atomic E-state index is 0.184. The Morgan fingerprint density at radius 1 is 1.24 bits per heavy atom. The van der Waals surface area contributed by atoms with Crippen LogP contribution < -0.4 is 16.6 Å². The molecule has 6 nitrogen and oxygen atoms in total. The maximum Gasteiger partial charge on any atom is 0.206 e. The van der Waals surface area contributed by atoms with Crippen LogP contribution in [0.1, 0.15) is 26.2 Å². The average molecular weight is 246 g/mol. The number of ether oxygens (including phenoxy) is 2. The van der Waals surface area contributed by atoms with Gasteiger partial charge in [-0.05, 0) is 26.2 Å². The highest BCUT2D eigenvalue weighted by molar-refractivity contribution is 5.79. The summed E-state index contributed by atoms with van der Waals surface area (Å²) in [4.78, 5) is 4.34. The molecule has 0 aromatic carbocycles. The highest BCUT2D eigenvalue weighted by Gasteiger charge is 2.02. The molecule has 0 saturated carbocycles. The molecule has 0 aliphatic heterocycles. The topological polar surface area (TPSA) is 80.9 Å². The Labute approximate surface area is 104 Å². The summed E-state index contributed by atoms with van der Waals surface area (Å²) in [7, 11) is 3.39. The molecule has 0 aliphatic carbocycles. The van der Waals surface area contributed by atoms with E-state index in [1.807, 2.05) is 6.92 Å². The zero-order chi connectivity index (χ0) is 12.9. The van der Waals surface area contributed by atoms with E-state index < -0.39 is 0 Å². The monoisotopic (exact) mass is 246 g/mol. The molecule has 0 spiro atoms. The smallest absolute Gasteiger partial charge is 0.206 e. The summed E-state index contributed by atoms with van der Waals surface area (Å²) in [6.07, 6.45) is 3.22. The molecule has 1 atom stereocenters. The lowest BCUT2D eigenvalue weighted by Crippen LogP contribution is -2.46. The Kier molecular flexibility index (Phi) is 11.0. The fraction of sp³-hybridized carbons (Fsp3) is 0.909. The Balaban J connectivity index is 3.69. The van der Waals surface area contributed by atoms with Gasteiger partial charge >= 0.3 is 0 Å². The number of nitrogens with one attached hydrogen (secondary N) is 2. The van der Waals surface area contributed by atoms with E-state index in [4.69, 9.17) is 15.3 Å². The third-order valence-electron chi connectivity index (χ3n) is 2.21. The lowest BCUT2D eigenvalue weighted by molar-refractivity contribution is 0.179. The summed E-state index contributed by atoms with van der Waals surface area (Å²) in [5.74, 6) is 5.99. The van der Waals surface area contributed by atoms with E-state index >= 15 is 0 Å². The number of guanidine groups is 1. The molecule has 0 radical (unpaired) electrons. The standard InChI is InChI=1S/C11H26N4O2/c1-10(9-17-3)14-11(15-12)13-7-5-4-6-8-16-2/h10H,4-9,12H2,1-3H3,(H2,13,14,15). The minimum Gasteiger partial charge on any atom is -0.385 e. The number of rotatable bonds is 9. The van der Waals surface area contributed by atoms with Crippen molar-refractivity contribution in [2.75, 3.05) is 34.0 Å². The molecule has 0 rings (SSSR count). The third-order valence-corrected chi connectivity index (χ3v) is 2.21. The van der Waals surface area contributed by atoms with Gasteiger partial charge in [-0.15, -0.1) is 0 Å². The lowest BCUT2D eigenvalue weighted by atomic mass is 10.2. The van der Waals surface area contributed by atoms with Gasteiger partial charge in [0.2, 0.25) is 5.96 Å². The van der Waals surface area contributed by atoms with Crippen molar-refractivity contribution < 1.29 is 9.47 Å². The molecule has 1 unspecified atom stereocenters. The van der Waals surface area contributed by atoms with E-state index in [0.29, 0.717) is 12.6 Å². The van der Waals surface area contributed by atoms with Crippen LogP contribution in [0.4, 0.5) is 0 Å². The third kappa shape index (κ3) is 10.0. The number of aliphatic imine (C=N–C) groups is 1. The van der Waals surface area contributed by atoms with Crippen molar-refractivity contribution in [2.24, 2.45) is 10.8 Å². The second kappa shape index (κ2) is 11.6. The number of hydrogen-bond acceptors (Lipinski definition) is 4. The van der Waals surface area contributed by atoms with E-state index in [2.05, 4.69) is 15.7 Å². The molecule has 4 N–H and O–H groups in total. The predicted molar refractivity (Wildman–Crippen MR) is 69.8 cm³/mol. The van der Waals surface area contributed by atoms with Crippen molar-refractivity contribution in [3.63, 3.8) is 0 Å². The summed E-state index contributed by atoms with van der Waals surface area (Å²) >= 11 is 0. The van der Waals surface area contributed by atoms with Gasteiger partial charge in [-0.3, -0.25) is 10.4 Å². The number of hydrogen-bond donors (Lipinski definition) is 3. The van der Waals surface area contributed by atoms with E-state index in [1.165, 1.54) is 0 Å². The Morgan fingerprint density at radius 2 is 2.00 bits per heavy atom. The summed E-state index contributed by atoms with van der Waals surface area (Å²) in [5.41, 5.74) is 2.55. The van der Waals surface area contributed by atoms with Crippen LogP contribution in [-0.2, 0) is 9.47 Å². The molecule has 0 bridgehead atoms. The highest BCUT2D eigenvalue weighted by Crippen LogP contribution is 1.95. The van der Waals surface area contributed by atoms with Crippen molar-refractivity contribution in [3.8, 4) is 0 Å². The second-order valence-corrected chi connectivity index (χ2v) is 3.93. The maximum atomic E-state index is 5.38. The van der Waals surface area contributed by atoms with Crippen LogP contribution >= 0.6 is 0 Å². The summed E-state index contributed by atoms with van der Waals surface area (Å²) in [5, 5.41) is 3.13. The Bertz CT molecular complexity index is 200. The first-order chi connectivity index (χ1) is 8.24. The van der Waals surface area contributed by atoms with Gasteiger partial charge in [-0.1, -0.05) is 0 Å². The van der Waals surface area contributed by atoms with E-state index in [1.54, 1.807) is 14.2 Å². The predicted octanol–water partition coefficient (Wildman–Crippen LogP) is 0.247. The zero-order valence-corrected chi connectivity index (χ0v) is 11.2. The van der Waals surface area contributed by atoms with Crippen molar-refractivity contribution in [1.82, 2.24) is 10.7 Å². The van der Waals surface area contributed by atoms with Crippen LogP contribution in [0.25, 0.3) is 0 Å². The van der Waals surface area contributed by atoms with Crippen LogP contribution in [0, 0.1) is 0 Å². The highest BCUT2D eigenvalue weighted by atomic mass is 16.5. The quantitative estimate of drug-likeness (QED) is 0.179. The molecule has 6 heteroatoms. The molecule has 0 fully saturated rings. The molecule has 102 valence electrons. The lowest BCUT2D eigenvalue weighted by Gasteiger charge is -2.15. The normalized spacial score (nSPS) is 13.5. The van der Waals surface area contributed by atoms with Gasteiger partial charge in [-0.25, -0.2) is 5.84 Å². The van der Waals surface area contributed by atoms with Crippen LogP contribution in [0.5, 0.6) is 0 Å². The minimum absolute atomic E-state index is 0.184. The van der Waals surface area contributed by atoms with E-state index in [0.717, 1.165) is 32.4 Å². The van der Waals surface area contributed by atoms with Crippen LogP contribution in [0.3, 0.4) is 0 Å². The average Bonchev–Trinajstić information content (AvgIpc) is 2.32. The number of hydrazine groups is 1. The van der Waals surface area contributed by atoms with Gasteiger partial charge in [0, 0.05) is 33.4 Å². The van der Waals surface area contributed by atoms with Gasteiger partial charge in [0.05, 0.1) is 6.61 Å². The Morgan fingerprint density at radius 3 is 2.59 bits per heavy atom. The summed E-state index contributed by atoms with van der Waals surface area (Å²) in [6.45, 7) is 4.20. The fourth-order valence-electron chi connectivity index (χ4n) is 1.38. The van der Waals surface area contributed by atoms with Gasteiger partial charge < -0.3 is 14.8 Å². The van der Waals surface area contributed by atoms with Crippen molar-refractivity contribution in [3.05, 3.63) is 0 Å². The van der Waals surface area contributed by atoms with Crippen LogP contribution in [0.15, 0.2) is 4.99 Å². The number of nitrogens with zero attached hydrogens (tertiary/aromatic N) is 1. The van der Waals surface area contributed by atoms with Gasteiger partial charge in [0.15, 0.2) is 0 Å². The van der Waals surface area contributed by atoms with E-state index in [9.17, 15) is 0 Å². The SMILES string of the molecule is COCCCCCN=C(NN)NC(C)COC. The van der Waals surface area contributed by atoms with Crippen molar-refractivity contribution in [2.45, 2.75) is 32.2 Å². The summed E-state index contributed by atoms with van der Waals surface area (Å²) < 4.78 is 9.99. The maximum absolute atomic E-state index is 5.38. The first-order valence-electron chi connectivity index (χ1n) is 6.00. The van der Waals surface area contributed by atoms with Crippen molar-refractivity contribution >= 4 is 5.96 Å². The molecule has 0 saturated heterocycles. The first kappa shape index (κ1) is 16.1. The van der Waals surface area contributed by atoms with E-state index in [-0.39, 0.29) is 6.04 Å². The van der Waals surface area contributed by atoms with Gasteiger partial charge in [0.1, 0.15) is 0 Å². The summed E-state index contributed by atoms with van der Waals surface area (Å²) in [6, 6.07) is 0.184. The fourth-order valence-corrected chi connectivity index (χ4v) is 1.38. The first-order valence-corrected chi connectivity index (χ1v) is 6.00. The molecular weight excluding hydrogens is 220 g/mol. The molecular formula is C11H26N4O2. The molecule has 0 amide bonds. The van der Waals surface area contributed by atoms with Crippen LogP contribution in [-0.4, -0.2) is 46.0 Å².